The van der Waals surface area contributed by atoms with Gasteiger partial charge in [0.2, 0.25) is 5.91 Å². The summed E-state index contributed by atoms with van der Waals surface area (Å²) in [6.45, 7) is 2.02. The van der Waals surface area contributed by atoms with E-state index in [1.54, 1.807) is 48.6 Å². The van der Waals surface area contributed by atoms with Gasteiger partial charge >= 0.3 is 0 Å². The van der Waals surface area contributed by atoms with Crippen LogP contribution in [0, 0.1) is 0 Å². The summed E-state index contributed by atoms with van der Waals surface area (Å²) in [4.78, 5) is 30.0. The maximum absolute atomic E-state index is 12.6. The highest BCUT2D eigenvalue weighted by Crippen LogP contribution is 2.28. The largest absolute Gasteiger partial charge is 0.467 e. The Kier molecular flexibility index (Phi) is 3.21. The number of carbonyl (C=O) groups excluding carboxylic acids is 2. The standard InChI is InChI=1S/C15H15N3O3/c1-15(14(20)16-10-11-5-4-8-21-11)9-13(19)17-12-6-2-3-7-18(12)15/h2-8H,9-10H2,1H3,(H,16,20). The van der Waals surface area contributed by atoms with Gasteiger partial charge in [-0.2, -0.15) is 4.99 Å². The van der Waals surface area contributed by atoms with Crippen LogP contribution >= 0.6 is 0 Å². The summed E-state index contributed by atoms with van der Waals surface area (Å²) in [7, 11) is 0. The van der Waals surface area contributed by atoms with Crippen molar-refractivity contribution < 1.29 is 14.0 Å². The molecule has 0 aliphatic carbocycles. The summed E-state index contributed by atoms with van der Waals surface area (Å²) in [6, 6.07) is 3.54. The van der Waals surface area contributed by atoms with E-state index in [-0.39, 0.29) is 24.8 Å². The molecule has 0 fully saturated rings. The van der Waals surface area contributed by atoms with E-state index >= 15 is 0 Å². The average molecular weight is 285 g/mol. The molecular formula is C15H15N3O3. The molecule has 2 amide bonds. The molecule has 1 atom stereocenters. The van der Waals surface area contributed by atoms with Crippen molar-refractivity contribution in [2.45, 2.75) is 25.4 Å². The first-order valence-electron chi connectivity index (χ1n) is 6.66. The third-order valence-electron chi connectivity index (χ3n) is 3.60. The third kappa shape index (κ3) is 2.40. The Hall–Kier alpha value is -2.63. The van der Waals surface area contributed by atoms with Gasteiger partial charge in [0.1, 0.15) is 17.1 Å². The number of hydrogen-bond donors (Lipinski definition) is 1. The maximum Gasteiger partial charge on any atom is 0.250 e. The number of carbonyl (C=O) groups is 2. The lowest BCUT2D eigenvalue weighted by Gasteiger charge is -2.41. The lowest BCUT2D eigenvalue weighted by atomic mass is 9.91. The Bertz CT molecular complexity index is 658. The molecule has 3 heterocycles. The predicted molar refractivity (Wildman–Crippen MR) is 76.1 cm³/mol. The van der Waals surface area contributed by atoms with Crippen LogP contribution < -0.4 is 5.32 Å². The van der Waals surface area contributed by atoms with Crippen LogP contribution in [-0.2, 0) is 16.1 Å². The van der Waals surface area contributed by atoms with Crippen molar-refractivity contribution in [3.63, 3.8) is 0 Å². The van der Waals surface area contributed by atoms with Crippen molar-refractivity contribution in [3.8, 4) is 0 Å². The molecule has 0 saturated carbocycles. The first-order chi connectivity index (χ1) is 10.1. The number of amides is 2. The summed E-state index contributed by atoms with van der Waals surface area (Å²) < 4.78 is 5.19. The normalized spacial score (nSPS) is 23.8. The minimum atomic E-state index is -0.984. The number of fused-ring (bicyclic) bond motifs is 1. The zero-order chi connectivity index (χ0) is 14.9. The van der Waals surface area contributed by atoms with E-state index in [1.807, 2.05) is 6.08 Å². The molecule has 108 valence electrons. The molecule has 2 aliphatic rings. The molecule has 0 spiro atoms. The van der Waals surface area contributed by atoms with Crippen LogP contribution in [-0.4, -0.2) is 28.1 Å². The molecule has 0 aromatic carbocycles. The summed E-state index contributed by atoms with van der Waals surface area (Å²) in [5.41, 5.74) is -0.984. The fourth-order valence-electron chi connectivity index (χ4n) is 2.45. The molecule has 6 heteroatoms. The number of furan rings is 1. The van der Waals surface area contributed by atoms with E-state index < -0.39 is 5.54 Å². The van der Waals surface area contributed by atoms with Crippen molar-refractivity contribution in [2.75, 3.05) is 0 Å². The molecular weight excluding hydrogens is 270 g/mol. The maximum atomic E-state index is 12.6. The topological polar surface area (TPSA) is 74.9 Å². The molecule has 21 heavy (non-hydrogen) atoms. The Balaban J connectivity index is 1.80. The highest BCUT2D eigenvalue weighted by atomic mass is 16.3. The van der Waals surface area contributed by atoms with Gasteiger partial charge in [0.15, 0.2) is 0 Å². The van der Waals surface area contributed by atoms with Gasteiger partial charge < -0.3 is 14.6 Å². The van der Waals surface area contributed by atoms with Crippen LogP contribution in [0.4, 0.5) is 0 Å². The second-order valence-electron chi connectivity index (χ2n) is 5.15. The molecule has 0 bridgehead atoms. The van der Waals surface area contributed by atoms with Gasteiger partial charge in [-0.1, -0.05) is 6.08 Å². The van der Waals surface area contributed by atoms with E-state index in [2.05, 4.69) is 10.3 Å². The fourth-order valence-corrected chi connectivity index (χ4v) is 2.45. The number of allylic oxidation sites excluding steroid dienone is 2. The number of rotatable bonds is 3. The van der Waals surface area contributed by atoms with Crippen molar-refractivity contribution >= 4 is 17.6 Å². The van der Waals surface area contributed by atoms with Crippen LogP contribution in [0.3, 0.4) is 0 Å². The average Bonchev–Trinajstić information content (AvgIpc) is 2.97. The lowest BCUT2D eigenvalue weighted by Crippen LogP contribution is -2.59. The number of aliphatic imine (C=N–C) groups is 1. The van der Waals surface area contributed by atoms with Gasteiger partial charge in [-0.15, -0.1) is 0 Å². The van der Waals surface area contributed by atoms with Crippen LogP contribution in [0.15, 0.2) is 52.2 Å². The van der Waals surface area contributed by atoms with Crippen molar-refractivity contribution in [1.29, 1.82) is 0 Å². The number of amidine groups is 1. The van der Waals surface area contributed by atoms with Crippen LogP contribution in [0.5, 0.6) is 0 Å². The summed E-state index contributed by atoms with van der Waals surface area (Å²) >= 11 is 0. The molecule has 1 unspecified atom stereocenters. The van der Waals surface area contributed by atoms with Gasteiger partial charge in [0, 0.05) is 6.20 Å². The van der Waals surface area contributed by atoms with E-state index in [0.29, 0.717) is 11.6 Å². The fraction of sp³-hybridized carbons (Fsp3) is 0.267. The second kappa shape index (κ2) is 5.05. The van der Waals surface area contributed by atoms with Crippen LogP contribution in [0.1, 0.15) is 19.1 Å². The van der Waals surface area contributed by atoms with Crippen LogP contribution in [0.25, 0.3) is 0 Å². The van der Waals surface area contributed by atoms with Gasteiger partial charge in [0.05, 0.1) is 19.2 Å². The molecule has 6 nitrogen and oxygen atoms in total. The quantitative estimate of drug-likeness (QED) is 0.910. The number of nitrogens with one attached hydrogen (secondary N) is 1. The van der Waals surface area contributed by atoms with Gasteiger partial charge in [0.25, 0.3) is 5.91 Å². The molecule has 0 radical (unpaired) electrons. The number of hydrogen-bond acceptors (Lipinski definition) is 4. The molecule has 1 aromatic rings. The molecule has 1 N–H and O–H groups in total. The lowest BCUT2D eigenvalue weighted by molar-refractivity contribution is -0.134. The van der Waals surface area contributed by atoms with Crippen molar-refractivity contribution in [2.24, 2.45) is 4.99 Å². The Labute approximate surface area is 121 Å². The third-order valence-corrected chi connectivity index (χ3v) is 3.60. The molecule has 3 rings (SSSR count). The van der Waals surface area contributed by atoms with Gasteiger partial charge in [-0.25, -0.2) is 0 Å². The zero-order valence-electron chi connectivity index (χ0n) is 11.6. The Morgan fingerprint density at radius 1 is 1.52 bits per heavy atom. The van der Waals surface area contributed by atoms with Gasteiger partial charge in [-0.05, 0) is 31.2 Å². The van der Waals surface area contributed by atoms with Gasteiger partial charge in [-0.3, -0.25) is 9.59 Å². The highest BCUT2D eigenvalue weighted by Gasteiger charge is 2.45. The van der Waals surface area contributed by atoms with E-state index in [9.17, 15) is 9.59 Å². The summed E-state index contributed by atoms with van der Waals surface area (Å²) in [6.07, 6.45) is 8.67. The molecule has 2 aliphatic heterocycles. The zero-order valence-corrected chi connectivity index (χ0v) is 11.6. The Morgan fingerprint density at radius 2 is 2.38 bits per heavy atom. The first-order valence-corrected chi connectivity index (χ1v) is 6.66. The molecule has 0 saturated heterocycles. The van der Waals surface area contributed by atoms with E-state index in [4.69, 9.17) is 4.42 Å². The number of nitrogens with zero attached hydrogens (tertiary/aromatic N) is 2. The van der Waals surface area contributed by atoms with Crippen molar-refractivity contribution in [1.82, 2.24) is 10.2 Å². The minimum Gasteiger partial charge on any atom is -0.467 e. The molecule has 1 aromatic heterocycles. The van der Waals surface area contributed by atoms with Crippen LogP contribution in [0.2, 0.25) is 0 Å². The first kappa shape index (κ1) is 13.4. The SMILES string of the molecule is CC1(C(=O)NCc2ccco2)CC(=O)N=C2C=CC=CN21. The smallest absolute Gasteiger partial charge is 0.250 e. The minimum absolute atomic E-state index is 0.0403. The Morgan fingerprint density at radius 3 is 3.14 bits per heavy atom. The van der Waals surface area contributed by atoms with E-state index in [1.165, 1.54) is 0 Å². The summed E-state index contributed by atoms with van der Waals surface area (Å²) in [5, 5.41) is 2.81. The predicted octanol–water partition coefficient (Wildman–Crippen LogP) is 1.37. The monoisotopic (exact) mass is 285 g/mol. The van der Waals surface area contributed by atoms with E-state index in [0.717, 1.165) is 0 Å². The second-order valence-corrected chi connectivity index (χ2v) is 5.15. The van der Waals surface area contributed by atoms with Crippen molar-refractivity contribution in [3.05, 3.63) is 48.6 Å². The summed E-state index contributed by atoms with van der Waals surface area (Å²) in [5.74, 6) is 0.623. The highest BCUT2D eigenvalue weighted by molar-refractivity contribution is 6.09.